The minimum absolute atomic E-state index is 0.0922. The molecule has 1 unspecified atom stereocenters. The molecule has 0 spiro atoms. The summed E-state index contributed by atoms with van der Waals surface area (Å²) >= 11 is 0. The smallest absolute Gasteiger partial charge is 0.237 e. The van der Waals surface area contributed by atoms with E-state index in [1.807, 2.05) is 13.8 Å². The second-order valence-electron chi connectivity index (χ2n) is 3.62. The van der Waals surface area contributed by atoms with Crippen molar-refractivity contribution in [3.8, 4) is 0 Å². The average Bonchev–Trinajstić information content (AvgIpc) is 2.13. The molecule has 4 N–H and O–H groups in total. The predicted molar refractivity (Wildman–Crippen MR) is 53.7 cm³/mol. The van der Waals surface area contributed by atoms with Gasteiger partial charge in [0.15, 0.2) is 0 Å². The quantitative estimate of drug-likeness (QED) is 0.523. The van der Waals surface area contributed by atoms with E-state index in [9.17, 15) is 9.90 Å². The van der Waals surface area contributed by atoms with Crippen molar-refractivity contribution in [3.63, 3.8) is 0 Å². The Bertz CT molecular complexity index is 173. The average molecular weight is 204 g/mol. The summed E-state index contributed by atoms with van der Waals surface area (Å²) < 4.78 is 4.71. The number of rotatable bonds is 6. The van der Waals surface area contributed by atoms with E-state index in [0.717, 1.165) is 0 Å². The summed E-state index contributed by atoms with van der Waals surface area (Å²) in [5, 5.41) is 11.8. The van der Waals surface area contributed by atoms with Gasteiger partial charge in [-0.05, 0) is 5.92 Å². The number of hydrogen-bond donors (Lipinski definition) is 3. The second kappa shape index (κ2) is 6.75. The van der Waals surface area contributed by atoms with E-state index in [-0.39, 0.29) is 25.0 Å². The summed E-state index contributed by atoms with van der Waals surface area (Å²) in [5.41, 5.74) is 5.60. The third-order valence-corrected chi connectivity index (χ3v) is 1.89. The van der Waals surface area contributed by atoms with Crippen molar-refractivity contribution in [1.29, 1.82) is 0 Å². The van der Waals surface area contributed by atoms with Crippen LogP contribution in [-0.4, -0.2) is 43.4 Å². The van der Waals surface area contributed by atoms with E-state index >= 15 is 0 Å². The highest BCUT2D eigenvalue weighted by Gasteiger charge is 2.17. The van der Waals surface area contributed by atoms with Crippen LogP contribution in [0.25, 0.3) is 0 Å². The number of aliphatic hydroxyl groups is 1. The summed E-state index contributed by atoms with van der Waals surface area (Å²) in [6.07, 6.45) is -0.677. The lowest BCUT2D eigenvalue weighted by Gasteiger charge is -2.17. The largest absolute Gasteiger partial charge is 0.389 e. The molecule has 5 nitrogen and oxygen atoms in total. The second-order valence-corrected chi connectivity index (χ2v) is 3.62. The van der Waals surface area contributed by atoms with E-state index in [2.05, 4.69) is 5.32 Å². The number of hydrogen-bond acceptors (Lipinski definition) is 4. The third-order valence-electron chi connectivity index (χ3n) is 1.89. The van der Waals surface area contributed by atoms with Gasteiger partial charge in [0.2, 0.25) is 5.91 Å². The van der Waals surface area contributed by atoms with E-state index < -0.39 is 12.1 Å². The fraction of sp³-hybridized carbons (Fsp3) is 0.889. The highest BCUT2D eigenvalue weighted by molar-refractivity contribution is 5.81. The van der Waals surface area contributed by atoms with Crippen LogP contribution in [0.15, 0.2) is 0 Å². The summed E-state index contributed by atoms with van der Waals surface area (Å²) in [4.78, 5) is 11.3. The number of aliphatic hydroxyl groups excluding tert-OH is 1. The minimum Gasteiger partial charge on any atom is -0.389 e. The van der Waals surface area contributed by atoms with E-state index in [0.29, 0.717) is 0 Å². The molecule has 0 saturated heterocycles. The summed E-state index contributed by atoms with van der Waals surface area (Å²) in [6.45, 7) is 4.12. The normalized spacial score (nSPS) is 15.3. The molecule has 14 heavy (non-hydrogen) atoms. The minimum atomic E-state index is -0.677. The van der Waals surface area contributed by atoms with Crippen molar-refractivity contribution in [2.75, 3.05) is 20.3 Å². The number of amides is 1. The van der Waals surface area contributed by atoms with Gasteiger partial charge in [-0.3, -0.25) is 4.79 Å². The monoisotopic (exact) mass is 204 g/mol. The van der Waals surface area contributed by atoms with Crippen molar-refractivity contribution in [2.24, 2.45) is 11.7 Å². The number of carbonyl (C=O) groups is 1. The number of carbonyl (C=O) groups excluding carboxylic acids is 1. The van der Waals surface area contributed by atoms with Crippen LogP contribution in [0.2, 0.25) is 0 Å². The SMILES string of the molecule is COCC(O)CNC(=O)[C@H](N)C(C)C. The molecule has 0 saturated carbocycles. The van der Waals surface area contributed by atoms with Gasteiger partial charge < -0.3 is 20.9 Å². The summed E-state index contributed by atoms with van der Waals surface area (Å²) in [5.74, 6) is -0.148. The lowest BCUT2D eigenvalue weighted by Crippen LogP contribution is -2.46. The fourth-order valence-corrected chi connectivity index (χ4v) is 0.890. The Balaban J connectivity index is 3.73. The molecule has 84 valence electrons. The topological polar surface area (TPSA) is 84.6 Å². The van der Waals surface area contributed by atoms with Crippen molar-refractivity contribution in [1.82, 2.24) is 5.32 Å². The Morgan fingerprint density at radius 1 is 1.57 bits per heavy atom. The first-order chi connectivity index (χ1) is 6.49. The van der Waals surface area contributed by atoms with Crippen LogP contribution in [0.4, 0.5) is 0 Å². The Morgan fingerprint density at radius 2 is 2.14 bits per heavy atom. The zero-order chi connectivity index (χ0) is 11.1. The first kappa shape index (κ1) is 13.4. The maximum atomic E-state index is 11.3. The van der Waals surface area contributed by atoms with Crippen LogP contribution in [0.3, 0.4) is 0 Å². The number of methoxy groups -OCH3 is 1. The summed E-state index contributed by atoms with van der Waals surface area (Å²) in [7, 11) is 1.49. The molecule has 0 radical (unpaired) electrons. The lowest BCUT2D eigenvalue weighted by atomic mass is 10.1. The molecule has 1 amide bonds. The molecule has 0 aliphatic carbocycles. The van der Waals surface area contributed by atoms with Crippen LogP contribution in [0.5, 0.6) is 0 Å². The van der Waals surface area contributed by atoms with Gasteiger partial charge in [0.05, 0.1) is 18.8 Å². The molecule has 0 aromatic heterocycles. The highest BCUT2D eigenvalue weighted by Crippen LogP contribution is 1.97. The van der Waals surface area contributed by atoms with E-state index in [1.165, 1.54) is 7.11 Å². The molecule has 0 aromatic rings. The molecule has 0 fully saturated rings. The van der Waals surface area contributed by atoms with Gasteiger partial charge >= 0.3 is 0 Å². The molecule has 0 heterocycles. The molecule has 0 rings (SSSR count). The third kappa shape index (κ3) is 5.16. The standard InChI is InChI=1S/C9H20N2O3/c1-6(2)8(10)9(13)11-4-7(12)5-14-3/h6-8,12H,4-5,10H2,1-3H3,(H,11,13)/t7?,8-/m1/s1. The molecule has 0 aliphatic heterocycles. The van der Waals surface area contributed by atoms with Crippen LogP contribution in [0.1, 0.15) is 13.8 Å². The van der Waals surface area contributed by atoms with Crippen LogP contribution in [-0.2, 0) is 9.53 Å². The Hall–Kier alpha value is -0.650. The Labute approximate surface area is 84.6 Å². The Kier molecular flexibility index (Phi) is 6.44. The van der Waals surface area contributed by atoms with Crippen molar-refractivity contribution < 1.29 is 14.6 Å². The maximum Gasteiger partial charge on any atom is 0.237 e. The van der Waals surface area contributed by atoms with Crippen LogP contribution < -0.4 is 11.1 Å². The first-order valence-corrected chi connectivity index (χ1v) is 4.69. The maximum absolute atomic E-state index is 11.3. The zero-order valence-electron chi connectivity index (χ0n) is 8.99. The first-order valence-electron chi connectivity index (χ1n) is 4.69. The van der Waals surface area contributed by atoms with E-state index in [1.54, 1.807) is 0 Å². The number of ether oxygens (including phenoxy) is 1. The van der Waals surface area contributed by atoms with Gasteiger partial charge in [-0.15, -0.1) is 0 Å². The van der Waals surface area contributed by atoms with Gasteiger partial charge in [0.1, 0.15) is 0 Å². The van der Waals surface area contributed by atoms with Gasteiger partial charge in [-0.2, -0.15) is 0 Å². The van der Waals surface area contributed by atoms with E-state index in [4.69, 9.17) is 10.5 Å². The van der Waals surface area contributed by atoms with Crippen molar-refractivity contribution >= 4 is 5.91 Å². The molecule has 0 aliphatic rings. The van der Waals surface area contributed by atoms with Crippen LogP contribution in [0, 0.1) is 5.92 Å². The molecule has 0 aromatic carbocycles. The highest BCUT2D eigenvalue weighted by atomic mass is 16.5. The van der Waals surface area contributed by atoms with Crippen molar-refractivity contribution in [3.05, 3.63) is 0 Å². The number of nitrogens with two attached hydrogens (primary N) is 1. The Morgan fingerprint density at radius 3 is 2.57 bits per heavy atom. The molecule has 2 atom stereocenters. The predicted octanol–water partition coefficient (Wildman–Crippen LogP) is -0.907. The fourth-order valence-electron chi connectivity index (χ4n) is 0.890. The molecule has 5 heteroatoms. The zero-order valence-corrected chi connectivity index (χ0v) is 8.99. The van der Waals surface area contributed by atoms with Crippen molar-refractivity contribution in [2.45, 2.75) is 26.0 Å². The van der Waals surface area contributed by atoms with Gasteiger partial charge in [-0.1, -0.05) is 13.8 Å². The van der Waals surface area contributed by atoms with Gasteiger partial charge in [0, 0.05) is 13.7 Å². The molecular weight excluding hydrogens is 184 g/mol. The van der Waals surface area contributed by atoms with Gasteiger partial charge in [0.25, 0.3) is 0 Å². The lowest BCUT2D eigenvalue weighted by molar-refractivity contribution is -0.123. The number of nitrogens with one attached hydrogen (secondary N) is 1. The van der Waals surface area contributed by atoms with Crippen LogP contribution >= 0.6 is 0 Å². The van der Waals surface area contributed by atoms with Gasteiger partial charge in [-0.25, -0.2) is 0 Å². The molecule has 0 bridgehead atoms. The summed E-state index contributed by atoms with van der Waals surface area (Å²) in [6, 6.07) is -0.523. The molecular formula is C9H20N2O3.